The first-order valence-corrected chi connectivity index (χ1v) is 7.26. The van der Waals surface area contributed by atoms with Crippen LogP contribution in [0.2, 0.25) is 0 Å². The zero-order valence-electron chi connectivity index (χ0n) is 13.6. The first-order valence-electron chi connectivity index (χ1n) is 7.26. The van der Waals surface area contributed by atoms with Crippen LogP contribution in [0.4, 0.5) is 9.59 Å². The van der Waals surface area contributed by atoms with E-state index >= 15 is 0 Å². The quantitative estimate of drug-likeness (QED) is 0.386. The fraction of sp³-hybridized carbons (Fsp3) is 0.714. The van der Waals surface area contributed by atoms with Gasteiger partial charge < -0.3 is 25.8 Å². The highest BCUT2D eigenvalue weighted by Crippen LogP contribution is 2.08. The zero-order chi connectivity index (χ0) is 17.9. The number of unbranched alkanes of at least 4 members (excludes halogenated alkanes) is 1. The minimum absolute atomic E-state index is 0.161. The molecule has 0 spiro atoms. The van der Waals surface area contributed by atoms with Crippen molar-refractivity contribution in [2.24, 2.45) is 0 Å². The molecule has 0 aliphatic carbocycles. The van der Waals surface area contributed by atoms with Crippen LogP contribution in [0, 0.1) is 11.3 Å². The minimum atomic E-state index is -1.11. The van der Waals surface area contributed by atoms with E-state index in [9.17, 15) is 14.4 Å². The Labute approximate surface area is 135 Å². The summed E-state index contributed by atoms with van der Waals surface area (Å²) < 4.78 is 5.10. The molecular formula is C14H24N4O5. The van der Waals surface area contributed by atoms with Crippen LogP contribution in [-0.2, 0) is 9.53 Å². The molecule has 4 N–H and O–H groups in total. The van der Waals surface area contributed by atoms with Crippen molar-refractivity contribution in [3.05, 3.63) is 0 Å². The van der Waals surface area contributed by atoms with Crippen molar-refractivity contribution in [3.8, 4) is 6.07 Å². The fourth-order valence-electron chi connectivity index (χ4n) is 1.64. The van der Waals surface area contributed by atoms with E-state index in [1.165, 1.54) is 0 Å². The summed E-state index contributed by atoms with van der Waals surface area (Å²) in [6.07, 6.45) is -0.499. The molecule has 23 heavy (non-hydrogen) atoms. The number of ether oxygens (including phenoxy) is 1. The summed E-state index contributed by atoms with van der Waals surface area (Å²) in [6.45, 7) is 5.21. The summed E-state index contributed by atoms with van der Waals surface area (Å²) in [5.41, 5.74) is -0.691. The molecule has 0 saturated heterocycles. The van der Waals surface area contributed by atoms with Crippen LogP contribution in [0.1, 0.15) is 40.0 Å². The van der Waals surface area contributed by atoms with Gasteiger partial charge in [-0.1, -0.05) is 0 Å². The maximum absolute atomic E-state index is 11.9. The van der Waals surface area contributed by atoms with E-state index in [0.29, 0.717) is 19.3 Å². The lowest BCUT2D eigenvalue weighted by Crippen LogP contribution is -2.48. The monoisotopic (exact) mass is 328 g/mol. The number of nitriles is 1. The molecule has 0 aromatic rings. The topological polar surface area (TPSA) is 141 Å². The molecule has 0 aliphatic heterocycles. The van der Waals surface area contributed by atoms with Gasteiger partial charge >= 0.3 is 12.2 Å². The lowest BCUT2D eigenvalue weighted by molar-refractivity contribution is -0.123. The number of nitrogens with one attached hydrogen (secondary N) is 3. The van der Waals surface area contributed by atoms with Crippen LogP contribution in [-0.4, -0.2) is 47.9 Å². The Morgan fingerprint density at radius 3 is 2.39 bits per heavy atom. The Hall–Kier alpha value is -2.50. The summed E-state index contributed by atoms with van der Waals surface area (Å²) in [6, 6.07) is 0.938. The molecule has 9 heteroatoms. The second kappa shape index (κ2) is 10.3. The van der Waals surface area contributed by atoms with Gasteiger partial charge in [0.1, 0.15) is 18.2 Å². The Kier molecular flexibility index (Phi) is 9.15. The zero-order valence-corrected chi connectivity index (χ0v) is 13.6. The van der Waals surface area contributed by atoms with Crippen molar-refractivity contribution >= 4 is 18.1 Å². The molecule has 0 rings (SSSR count). The van der Waals surface area contributed by atoms with E-state index in [1.807, 2.05) is 0 Å². The molecule has 0 saturated carbocycles. The molecule has 0 bridgehead atoms. The number of hydrogen-bond donors (Lipinski definition) is 4. The van der Waals surface area contributed by atoms with Gasteiger partial charge in [-0.2, -0.15) is 5.26 Å². The van der Waals surface area contributed by atoms with Gasteiger partial charge in [-0.15, -0.1) is 0 Å². The van der Waals surface area contributed by atoms with E-state index in [0.717, 1.165) is 0 Å². The molecule has 0 radical (unpaired) electrons. The number of carbonyl (C=O) groups excluding carboxylic acids is 2. The lowest BCUT2D eigenvalue weighted by atomic mass is 10.1. The van der Waals surface area contributed by atoms with Gasteiger partial charge in [0.25, 0.3) is 0 Å². The first kappa shape index (κ1) is 20.5. The third kappa shape index (κ3) is 11.8. The lowest BCUT2D eigenvalue weighted by Gasteiger charge is -2.23. The predicted octanol–water partition coefficient (Wildman–Crippen LogP) is 0.957. The van der Waals surface area contributed by atoms with Crippen molar-refractivity contribution in [3.63, 3.8) is 0 Å². The number of amides is 3. The van der Waals surface area contributed by atoms with Crippen molar-refractivity contribution < 1.29 is 24.2 Å². The van der Waals surface area contributed by atoms with Crippen LogP contribution >= 0.6 is 0 Å². The molecule has 0 aliphatic rings. The van der Waals surface area contributed by atoms with Gasteiger partial charge in [-0.25, -0.2) is 9.59 Å². The number of carbonyl (C=O) groups is 3. The Bertz CT molecular complexity index is 453. The van der Waals surface area contributed by atoms with Gasteiger partial charge in [0.05, 0.1) is 6.07 Å². The molecular weight excluding hydrogens is 304 g/mol. The summed E-state index contributed by atoms with van der Waals surface area (Å²) in [5.74, 6) is -0.483. The number of hydrogen-bond acceptors (Lipinski definition) is 5. The number of nitrogens with zero attached hydrogens (tertiary/aromatic N) is 1. The average molecular weight is 328 g/mol. The van der Waals surface area contributed by atoms with Gasteiger partial charge in [0.15, 0.2) is 0 Å². The first-order chi connectivity index (χ1) is 10.7. The van der Waals surface area contributed by atoms with Crippen molar-refractivity contribution in [1.82, 2.24) is 16.0 Å². The van der Waals surface area contributed by atoms with E-state index in [2.05, 4.69) is 16.0 Å². The van der Waals surface area contributed by atoms with Crippen LogP contribution in [0.5, 0.6) is 0 Å². The summed E-state index contributed by atoms with van der Waals surface area (Å²) in [7, 11) is 0. The second-order valence-electron chi connectivity index (χ2n) is 5.80. The SMILES string of the molecule is CC(C)(C)OC(=O)NC(CCCCNC(=O)O)C(=O)NCC#N. The van der Waals surface area contributed by atoms with E-state index in [4.69, 9.17) is 15.1 Å². The normalized spacial score (nSPS) is 11.7. The Morgan fingerprint density at radius 2 is 1.87 bits per heavy atom. The van der Waals surface area contributed by atoms with Crippen molar-refractivity contribution in [1.29, 1.82) is 5.26 Å². The highest BCUT2D eigenvalue weighted by atomic mass is 16.6. The second-order valence-corrected chi connectivity index (χ2v) is 5.80. The third-order valence-corrected chi connectivity index (χ3v) is 2.54. The molecule has 0 fully saturated rings. The van der Waals surface area contributed by atoms with Gasteiger partial charge in [0.2, 0.25) is 5.91 Å². The summed E-state index contributed by atoms with van der Waals surface area (Å²) >= 11 is 0. The standard InChI is InChI=1S/C14H24N4O5/c1-14(2,3)23-13(22)18-10(11(19)16-9-7-15)6-4-5-8-17-12(20)21/h10,17H,4-6,8-9H2,1-3H3,(H,16,19)(H,18,22)(H,20,21). The van der Waals surface area contributed by atoms with Crippen LogP contribution in [0.25, 0.3) is 0 Å². The molecule has 130 valence electrons. The van der Waals surface area contributed by atoms with Crippen molar-refractivity contribution in [2.45, 2.75) is 51.7 Å². The molecule has 9 nitrogen and oxygen atoms in total. The maximum atomic E-state index is 11.9. The van der Waals surface area contributed by atoms with Crippen LogP contribution in [0.3, 0.4) is 0 Å². The predicted molar refractivity (Wildman–Crippen MR) is 81.7 cm³/mol. The summed E-state index contributed by atoms with van der Waals surface area (Å²) in [5, 5.41) is 24.0. The molecule has 0 aromatic carbocycles. The van der Waals surface area contributed by atoms with Gasteiger partial charge in [-0.3, -0.25) is 4.79 Å². The Balaban J connectivity index is 4.45. The van der Waals surface area contributed by atoms with Crippen LogP contribution in [0.15, 0.2) is 0 Å². The summed E-state index contributed by atoms with van der Waals surface area (Å²) in [4.78, 5) is 34.0. The number of alkyl carbamates (subject to hydrolysis) is 1. The fourth-order valence-corrected chi connectivity index (χ4v) is 1.64. The molecule has 0 aromatic heterocycles. The highest BCUT2D eigenvalue weighted by Gasteiger charge is 2.23. The van der Waals surface area contributed by atoms with E-state index < -0.39 is 29.7 Å². The van der Waals surface area contributed by atoms with Gasteiger partial charge in [-0.05, 0) is 40.0 Å². The number of rotatable bonds is 8. The minimum Gasteiger partial charge on any atom is -0.465 e. The highest BCUT2D eigenvalue weighted by molar-refractivity contribution is 5.85. The molecule has 1 atom stereocenters. The number of carboxylic acid groups (broad SMARTS) is 1. The van der Waals surface area contributed by atoms with Crippen LogP contribution < -0.4 is 16.0 Å². The smallest absolute Gasteiger partial charge is 0.408 e. The Morgan fingerprint density at radius 1 is 1.22 bits per heavy atom. The molecule has 1 unspecified atom stereocenters. The molecule has 0 heterocycles. The average Bonchev–Trinajstić information content (AvgIpc) is 2.40. The van der Waals surface area contributed by atoms with E-state index in [1.54, 1.807) is 26.8 Å². The van der Waals surface area contributed by atoms with Gasteiger partial charge in [0, 0.05) is 6.54 Å². The van der Waals surface area contributed by atoms with E-state index in [-0.39, 0.29) is 13.1 Å². The third-order valence-electron chi connectivity index (χ3n) is 2.54. The maximum Gasteiger partial charge on any atom is 0.408 e. The van der Waals surface area contributed by atoms with Crippen molar-refractivity contribution in [2.75, 3.05) is 13.1 Å². The largest absolute Gasteiger partial charge is 0.465 e. The molecule has 3 amide bonds.